The highest BCUT2D eigenvalue weighted by molar-refractivity contribution is 6.10. The van der Waals surface area contributed by atoms with Crippen molar-refractivity contribution >= 4 is 50.6 Å². The quantitative estimate of drug-likeness (QED) is 0.142. The molecule has 1 aliphatic heterocycles. The van der Waals surface area contributed by atoms with Gasteiger partial charge in [-0.05, 0) is 155 Å². The second-order valence-corrected chi connectivity index (χ2v) is 26.8. The Morgan fingerprint density at radius 3 is 1.82 bits per heavy atom. The highest BCUT2D eigenvalue weighted by Gasteiger charge is 2.40. The summed E-state index contributed by atoms with van der Waals surface area (Å²) in [7, 11) is 0. The summed E-state index contributed by atoms with van der Waals surface area (Å²) in [6.07, 6.45) is 3.93. The predicted octanol–water partition coefficient (Wildman–Crippen LogP) is 20.4. The number of benzene rings is 8. The van der Waals surface area contributed by atoms with Crippen LogP contribution in [0.4, 0.5) is 22.7 Å². The third kappa shape index (κ3) is 9.40. The number of nitrogens with zero attached hydrogens (tertiary/aromatic N) is 4. The molecule has 0 saturated carbocycles. The Labute approximate surface area is 478 Å². The summed E-state index contributed by atoms with van der Waals surface area (Å²) in [5, 5.41) is 2.07. The second kappa shape index (κ2) is 19.0. The third-order valence-electron chi connectivity index (χ3n) is 17.1. The number of ether oxygens (including phenoxy) is 1. The number of aromatic nitrogens is 2. The SMILES string of the molecule is [2H]C([2H])([2H])c1cc(-n2c3ccc(C(C)(C)C)cc3c3ccc(Oc4cccc([N+]5=C=[N+](c6c(-c7ccccc7)cccc6-c6cc(C(C)(C)C)cc(C(C)(C)C)c6)c6ccccc65)c4)cc32)ncc1-c1ccc2c(c1)C(C)(C)CCC2(C)C. The molecule has 0 atom stereocenters. The molecule has 2 aromatic heterocycles. The van der Waals surface area contributed by atoms with Crippen molar-refractivity contribution in [1.29, 1.82) is 0 Å². The smallest absolute Gasteiger partial charge is 0.457 e. The summed E-state index contributed by atoms with van der Waals surface area (Å²) in [6.45, 7) is 27.2. The van der Waals surface area contributed by atoms with Crippen molar-refractivity contribution in [2.75, 3.05) is 0 Å². The van der Waals surface area contributed by atoms with E-state index in [9.17, 15) is 0 Å². The molecular formula is C75H76N4O+2. The minimum Gasteiger partial charge on any atom is -0.457 e. The van der Waals surface area contributed by atoms with Crippen LogP contribution in [0.25, 0.3) is 61.0 Å². The molecule has 0 bridgehead atoms. The van der Waals surface area contributed by atoms with Crippen molar-refractivity contribution in [1.82, 2.24) is 18.7 Å². The summed E-state index contributed by atoms with van der Waals surface area (Å²) in [5.41, 5.74) is 18.1. The Bertz CT molecular complexity index is 4290. The summed E-state index contributed by atoms with van der Waals surface area (Å²) >= 11 is 0. The van der Waals surface area contributed by atoms with Crippen LogP contribution in [-0.2, 0) is 27.1 Å². The zero-order valence-electron chi connectivity index (χ0n) is 51.9. The molecule has 0 saturated heterocycles. The zero-order chi connectivity index (χ0) is 58.8. The average molecular weight is 1050 g/mol. The van der Waals surface area contributed by atoms with Crippen LogP contribution in [0.2, 0.25) is 0 Å². The minimum atomic E-state index is -2.42. The van der Waals surface area contributed by atoms with Gasteiger partial charge in [-0.2, -0.15) is 0 Å². The summed E-state index contributed by atoms with van der Waals surface area (Å²) < 4.78 is 40.3. The number of hydrogen-bond donors (Lipinski definition) is 0. The standard InChI is InChI=1S/C75H76N4O/c1-48-38-69(76-46-62(48)50-30-34-63-64(41-50)75(13,14)37-36-74(63,11)12)79-65-35-31-52(71(2,3)4)43-61(65)60-33-32-57(45-68(60)79)80-56-25-20-24-55(44-56)77-47-78(67-29-19-18-28-66(67)77)70-58(49-22-16-15-17-23-49)26-21-27-59(70)51-39-53(72(5,6)7)42-54(40-51)73(8,9)10/h15-35,38-46H,36-37H2,1-14H3/q+2/i1D3. The first-order valence-electron chi connectivity index (χ1n) is 30.0. The molecule has 3 heterocycles. The van der Waals surface area contributed by atoms with Gasteiger partial charge in [0.05, 0.1) is 28.2 Å². The summed E-state index contributed by atoms with van der Waals surface area (Å²) in [6, 6.07) is 66.2. The van der Waals surface area contributed by atoms with E-state index in [4.69, 9.17) is 13.8 Å². The van der Waals surface area contributed by atoms with Crippen molar-refractivity contribution < 1.29 is 8.85 Å². The van der Waals surface area contributed by atoms with Gasteiger partial charge in [0.25, 0.3) is 11.4 Å². The Hall–Kier alpha value is -8.11. The maximum atomic E-state index is 8.98. The van der Waals surface area contributed by atoms with Gasteiger partial charge in [-0.3, -0.25) is 4.57 Å². The van der Waals surface area contributed by atoms with E-state index in [0.29, 0.717) is 22.9 Å². The molecule has 0 unspecified atom stereocenters. The number of rotatable bonds is 8. The molecule has 8 aromatic carbocycles. The van der Waals surface area contributed by atoms with Crippen LogP contribution in [0.15, 0.2) is 182 Å². The predicted molar refractivity (Wildman–Crippen MR) is 338 cm³/mol. The number of aryl methyl sites for hydroxylation is 1. The molecule has 0 fully saturated rings. The number of para-hydroxylation sites is 3. The van der Waals surface area contributed by atoms with E-state index in [-0.39, 0.29) is 32.6 Å². The highest BCUT2D eigenvalue weighted by Crippen LogP contribution is 2.49. The maximum absolute atomic E-state index is 8.98. The molecule has 1 aliphatic carbocycles. The topological polar surface area (TPSA) is 33.1 Å². The lowest BCUT2D eigenvalue weighted by molar-refractivity contribution is 0.332. The van der Waals surface area contributed by atoms with Crippen molar-refractivity contribution in [3.05, 3.63) is 216 Å². The third-order valence-corrected chi connectivity index (χ3v) is 17.1. The fraction of sp³-hybridized carbons (Fsp3) is 0.280. The van der Waals surface area contributed by atoms with Crippen LogP contribution in [0.5, 0.6) is 11.5 Å². The van der Waals surface area contributed by atoms with Crippen LogP contribution < -0.4 is 13.9 Å². The van der Waals surface area contributed by atoms with Gasteiger partial charge in [-0.15, -0.1) is 0 Å². The van der Waals surface area contributed by atoms with Gasteiger partial charge in [-0.1, -0.05) is 187 Å². The Morgan fingerprint density at radius 1 is 0.500 bits per heavy atom. The fourth-order valence-corrected chi connectivity index (χ4v) is 12.1. The van der Waals surface area contributed by atoms with E-state index in [1.54, 1.807) is 12.3 Å². The van der Waals surface area contributed by atoms with Gasteiger partial charge in [0.15, 0.2) is 0 Å². The molecule has 10 aromatic rings. The highest BCUT2D eigenvalue weighted by atomic mass is 16.5. The monoisotopic (exact) mass is 1050 g/mol. The van der Waals surface area contributed by atoms with Crippen LogP contribution in [0.3, 0.4) is 0 Å². The molecule has 5 nitrogen and oxygen atoms in total. The lowest BCUT2D eigenvalue weighted by Gasteiger charge is -2.42. The van der Waals surface area contributed by atoms with E-state index in [1.807, 2.05) is 18.2 Å². The molecule has 12 rings (SSSR count). The first-order chi connectivity index (χ1) is 39.1. The van der Waals surface area contributed by atoms with Gasteiger partial charge in [0, 0.05) is 50.9 Å². The molecule has 80 heavy (non-hydrogen) atoms. The molecule has 0 amide bonds. The van der Waals surface area contributed by atoms with Gasteiger partial charge in [-0.25, -0.2) is 4.98 Å². The molecule has 2 aliphatic rings. The molecule has 5 heteroatoms. The maximum Gasteiger partial charge on any atom is 0.503 e. The first kappa shape index (κ1) is 49.0. The summed E-state index contributed by atoms with van der Waals surface area (Å²) in [4.78, 5) is 5.16. The van der Waals surface area contributed by atoms with Gasteiger partial charge in [0.2, 0.25) is 11.4 Å². The number of fused-ring (bicyclic) bond motifs is 5. The van der Waals surface area contributed by atoms with E-state index < -0.39 is 6.85 Å². The normalized spacial score (nSPS) is 15.6. The number of pyridine rings is 1. The van der Waals surface area contributed by atoms with Crippen LogP contribution in [0.1, 0.15) is 140 Å². The van der Waals surface area contributed by atoms with Crippen LogP contribution in [0, 0.1) is 6.85 Å². The fourth-order valence-electron chi connectivity index (χ4n) is 12.1. The molecule has 0 spiro atoms. The van der Waals surface area contributed by atoms with Crippen molar-refractivity contribution in [3.63, 3.8) is 0 Å². The zero-order valence-corrected chi connectivity index (χ0v) is 48.9. The Balaban J connectivity index is 0.988. The van der Waals surface area contributed by atoms with Gasteiger partial charge >= 0.3 is 6.01 Å². The Kier molecular flexibility index (Phi) is 11.6. The molecule has 0 N–H and O–H groups in total. The molecular weight excluding hydrogens is 973 g/mol. The number of hydrogen-bond acceptors (Lipinski definition) is 2. The first-order valence-corrected chi connectivity index (χ1v) is 28.5. The van der Waals surface area contributed by atoms with Crippen LogP contribution >= 0.6 is 0 Å². The van der Waals surface area contributed by atoms with Crippen molar-refractivity contribution in [2.45, 2.75) is 137 Å². The van der Waals surface area contributed by atoms with E-state index in [2.05, 4.69) is 261 Å². The lowest BCUT2D eigenvalue weighted by Crippen LogP contribution is -2.33. The van der Waals surface area contributed by atoms with Crippen LogP contribution in [-0.4, -0.2) is 15.6 Å². The van der Waals surface area contributed by atoms with Crippen molar-refractivity contribution in [2.24, 2.45) is 0 Å². The second-order valence-electron chi connectivity index (χ2n) is 26.8. The van der Waals surface area contributed by atoms with E-state index >= 15 is 0 Å². The van der Waals surface area contributed by atoms with Gasteiger partial charge < -0.3 is 4.74 Å². The Morgan fingerprint density at radius 2 is 1.14 bits per heavy atom. The molecule has 0 radical (unpaired) electrons. The van der Waals surface area contributed by atoms with E-state index in [0.717, 1.165) is 85.2 Å². The lowest BCUT2D eigenvalue weighted by atomic mass is 9.63. The summed E-state index contributed by atoms with van der Waals surface area (Å²) in [5.74, 6) is 1.81. The average Bonchev–Trinajstić information content (AvgIpc) is 2.65. The minimum absolute atomic E-state index is 0.0330. The molecule has 400 valence electrons. The van der Waals surface area contributed by atoms with Gasteiger partial charge in [0.1, 0.15) is 17.3 Å². The van der Waals surface area contributed by atoms with E-state index in [1.165, 1.54) is 27.8 Å². The largest absolute Gasteiger partial charge is 0.503 e. The van der Waals surface area contributed by atoms with Crippen molar-refractivity contribution in [3.8, 4) is 50.7 Å².